The number of rotatable bonds is 8. The smallest absolute Gasteiger partial charge is 0.227 e. The zero-order valence-electron chi connectivity index (χ0n) is 19.9. The highest BCUT2D eigenvalue weighted by Crippen LogP contribution is 2.31. The van der Waals surface area contributed by atoms with Gasteiger partial charge in [0.05, 0.1) is 0 Å². The standard InChI is InChI=1S/C27H41N3O2/c1-21-18-24(28-27(32)23-9-5-6-10-23)13-14-26(21)29-16-7-8-22(19-29)15-17-30(20-31)25-11-3-2-4-12-25/h13-14,18,20,22-23,25H,2-12,15-17,19H2,1H3,(H,28,32). The van der Waals surface area contributed by atoms with Crippen LogP contribution in [0.1, 0.15) is 82.6 Å². The van der Waals surface area contributed by atoms with E-state index in [2.05, 4.69) is 40.2 Å². The number of aryl methyl sites for hydroxylation is 1. The van der Waals surface area contributed by atoms with Crippen molar-refractivity contribution in [2.24, 2.45) is 11.8 Å². The number of anilines is 2. The molecule has 1 aromatic carbocycles. The fourth-order valence-corrected chi connectivity index (χ4v) is 6.11. The molecule has 0 bridgehead atoms. The molecule has 32 heavy (non-hydrogen) atoms. The normalized spacial score (nSPS) is 22.7. The molecule has 3 fully saturated rings. The second-order valence-electron chi connectivity index (χ2n) is 10.3. The SMILES string of the molecule is Cc1cc(NC(=O)C2CCCC2)ccc1N1CCCC(CCN(C=O)C2CCCCC2)C1. The van der Waals surface area contributed by atoms with Crippen LogP contribution in [-0.4, -0.2) is 42.9 Å². The molecule has 0 spiro atoms. The van der Waals surface area contributed by atoms with Gasteiger partial charge in [-0.05, 0) is 81.5 Å². The molecule has 4 rings (SSSR count). The summed E-state index contributed by atoms with van der Waals surface area (Å²) >= 11 is 0. The Morgan fingerprint density at radius 1 is 1.06 bits per heavy atom. The molecular weight excluding hydrogens is 398 g/mol. The second-order valence-corrected chi connectivity index (χ2v) is 10.3. The summed E-state index contributed by atoms with van der Waals surface area (Å²) in [6.07, 6.45) is 15.3. The van der Waals surface area contributed by atoms with Crippen molar-refractivity contribution in [1.29, 1.82) is 0 Å². The van der Waals surface area contributed by atoms with Crippen LogP contribution in [0.2, 0.25) is 0 Å². The molecule has 5 heteroatoms. The number of carbonyl (C=O) groups excluding carboxylic acids is 2. The Morgan fingerprint density at radius 3 is 2.53 bits per heavy atom. The molecular formula is C27H41N3O2. The first-order valence-electron chi connectivity index (χ1n) is 13.0. The minimum Gasteiger partial charge on any atom is -0.371 e. The first-order valence-corrected chi connectivity index (χ1v) is 13.0. The molecule has 1 aliphatic heterocycles. The van der Waals surface area contributed by atoms with Crippen molar-refractivity contribution in [2.45, 2.75) is 90.0 Å². The largest absolute Gasteiger partial charge is 0.371 e. The van der Waals surface area contributed by atoms with Gasteiger partial charge in [-0.3, -0.25) is 9.59 Å². The summed E-state index contributed by atoms with van der Waals surface area (Å²) in [4.78, 5) is 28.8. The van der Waals surface area contributed by atoms with E-state index >= 15 is 0 Å². The molecule has 176 valence electrons. The Balaban J connectivity index is 1.31. The Hall–Kier alpha value is -2.04. The number of hydrogen-bond acceptors (Lipinski definition) is 3. The van der Waals surface area contributed by atoms with Crippen molar-refractivity contribution >= 4 is 23.7 Å². The van der Waals surface area contributed by atoms with Crippen LogP contribution in [0.3, 0.4) is 0 Å². The summed E-state index contributed by atoms with van der Waals surface area (Å²) in [7, 11) is 0. The lowest BCUT2D eigenvalue weighted by molar-refractivity contribution is -0.121. The molecule has 5 nitrogen and oxygen atoms in total. The van der Waals surface area contributed by atoms with E-state index < -0.39 is 0 Å². The number of benzene rings is 1. The average Bonchev–Trinajstić information content (AvgIpc) is 3.36. The predicted octanol–water partition coefficient (Wildman–Crippen LogP) is 5.52. The van der Waals surface area contributed by atoms with Crippen molar-refractivity contribution in [3.05, 3.63) is 23.8 Å². The van der Waals surface area contributed by atoms with E-state index in [4.69, 9.17) is 0 Å². The highest BCUT2D eigenvalue weighted by molar-refractivity contribution is 5.93. The van der Waals surface area contributed by atoms with Crippen LogP contribution in [0.25, 0.3) is 0 Å². The lowest BCUT2D eigenvalue weighted by atomic mass is 9.91. The Morgan fingerprint density at radius 2 is 1.81 bits per heavy atom. The van der Waals surface area contributed by atoms with E-state index in [9.17, 15) is 9.59 Å². The molecule has 0 aromatic heterocycles. The zero-order chi connectivity index (χ0) is 22.3. The van der Waals surface area contributed by atoms with Gasteiger partial charge in [-0.2, -0.15) is 0 Å². The van der Waals surface area contributed by atoms with Crippen LogP contribution < -0.4 is 10.2 Å². The number of carbonyl (C=O) groups is 2. The summed E-state index contributed by atoms with van der Waals surface area (Å²) in [6, 6.07) is 6.84. The van der Waals surface area contributed by atoms with Gasteiger partial charge in [0.2, 0.25) is 12.3 Å². The molecule has 1 saturated heterocycles. The molecule has 2 aliphatic carbocycles. The Bertz CT molecular complexity index is 768. The van der Waals surface area contributed by atoms with Crippen molar-refractivity contribution < 1.29 is 9.59 Å². The third-order valence-corrected chi connectivity index (χ3v) is 8.02. The number of piperidine rings is 1. The summed E-state index contributed by atoms with van der Waals surface area (Å²) in [5, 5.41) is 3.14. The maximum Gasteiger partial charge on any atom is 0.227 e. The van der Waals surface area contributed by atoms with Crippen molar-refractivity contribution in [3.8, 4) is 0 Å². The van der Waals surface area contributed by atoms with E-state index in [1.54, 1.807) is 0 Å². The lowest BCUT2D eigenvalue weighted by Crippen LogP contribution is -2.40. The maximum absolute atomic E-state index is 12.5. The van der Waals surface area contributed by atoms with E-state index in [0.29, 0.717) is 12.0 Å². The Labute approximate surface area is 193 Å². The van der Waals surface area contributed by atoms with E-state index in [-0.39, 0.29) is 11.8 Å². The molecule has 1 atom stereocenters. The summed E-state index contributed by atoms with van der Waals surface area (Å²) in [5.41, 5.74) is 3.44. The molecule has 1 heterocycles. The number of amides is 2. The minimum atomic E-state index is 0.186. The second kappa shape index (κ2) is 11.2. The quantitative estimate of drug-likeness (QED) is 0.543. The first-order chi connectivity index (χ1) is 15.6. The van der Waals surface area contributed by atoms with Crippen LogP contribution in [0.4, 0.5) is 11.4 Å². The third-order valence-electron chi connectivity index (χ3n) is 8.02. The van der Waals surface area contributed by atoms with Crippen LogP contribution in [0.5, 0.6) is 0 Å². The van der Waals surface area contributed by atoms with Crippen LogP contribution in [-0.2, 0) is 9.59 Å². The van der Waals surface area contributed by atoms with Crippen LogP contribution >= 0.6 is 0 Å². The van der Waals surface area contributed by atoms with Gasteiger partial charge in [0.1, 0.15) is 0 Å². The molecule has 2 saturated carbocycles. The number of nitrogens with one attached hydrogen (secondary N) is 1. The topological polar surface area (TPSA) is 52.7 Å². The van der Waals surface area contributed by atoms with Gasteiger partial charge in [-0.15, -0.1) is 0 Å². The number of hydrogen-bond donors (Lipinski definition) is 1. The average molecular weight is 440 g/mol. The maximum atomic E-state index is 12.5. The Kier molecular flexibility index (Phi) is 8.10. The third kappa shape index (κ3) is 5.85. The fourth-order valence-electron chi connectivity index (χ4n) is 6.11. The monoisotopic (exact) mass is 439 g/mol. The van der Waals surface area contributed by atoms with Crippen molar-refractivity contribution in [3.63, 3.8) is 0 Å². The van der Waals surface area contributed by atoms with Crippen molar-refractivity contribution in [1.82, 2.24) is 4.90 Å². The van der Waals surface area contributed by atoms with Gasteiger partial charge >= 0.3 is 0 Å². The van der Waals surface area contributed by atoms with Gasteiger partial charge in [-0.1, -0.05) is 32.1 Å². The molecule has 1 N–H and O–H groups in total. The van der Waals surface area contributed by atoms with Gasteiger partial charge in [0.25, 0.3) is 0 Å². The zero-order valence-corrected chi connectivity index (χ0v) is 19.9. The van der Waals surface area contributed by atoms with E-state index in [0.717, 1.165) is 51.0 Å². The lowest BCUT2D eigenvalue weighted by Gasteiger charge is -2.37. The van der Waals surface area contributed by atoms with Gasteiger partial charge in [-0.25, -0.2) is 0 Å². The molecule has 0 radical (unpaired) electrons. The van der Waals surface area contributed by atoms with Gasteiger partial charge < -0.3 is 15.1 Å². The van der Waals surface area contributed by atoms with E-state index in [1.165, 1.54) is 69.0 Å². The number of nitrogens with zero attached hydrogens (tertiary/aromatic N) is 2. The molecule has 1 unspecified atom stereocenters. The molecule has 2 amide bonds. The minimum absolute atomic E-state index is 0.186. The molecule has 1 aromatic rings. The van der Waals surface area contributed by atoms with Gasteiger partial charge in [0.15, 0.2) is 0 Å². The van der Waals surface area contributed by atoms with Crippen molar-refractivity contribution in [2.75, 3.05) is 29.9 Å². The fraction of sp³-hybridized carbons (Fsp3) is 0.704. The summed E-state index contributed by atoms with van der Waals surface area (Å²) < 4.78 is 0. The van der Waals surface area contributed by atoms with Crippen LogP contribution in [0, 0.1) is 18.8 Å². The van der Waals surface area contributed by atoms with Crippen LogP contribution in [0.15, 0.2) is 18.2 Å². The first kappa shape index (κ1) is 23.1. The molecule has 3 aliphatic rings. The van der Waals surface area contributed by atoms with Gasteiger partial charge in [0, 0.05) is 43.0 Å². The highest BCUT2D eigenvalue weighted by atomic mass is 16.2. The predicted molar refractivity (Wildman–Crippen MR) is 131 cm³/mol. The highest BCUT2D eigenvalue weighted by Gasteiger charge is 2.25. The van der Waals surface area contributed by atoms with E-state index in [1.807, 2.05) is 0 Å². The summed E-state index contributed by atoms with van der Waals surface area (Å²) in [5.74, 6) is 1.01. The summed E-state index contributed by atoms with van der Waals surface area (Å²) in [6.45, 7) is 5.20.